The molecule has 0 aliphatic carbocycles. The number of fused-ring (bicyclic) bond motifs is 1. The Bertz CT molecular complexity index is 768. The van der Waals surface area contributed by atoms with Crippen molar-refractivity contribution in [3.05, 3.63) is 57.9 Å². The molecule has 0 saturated carbocycles. The van der Waals surface area contributed by atoms with Gasteiger partial charge in [-0.15, -0.1) is 0 Å². The Labute approximate surface area is 134 Å². The zero-order valence-electron chi connectivity index (χ0n) is 12.8. The highest BCUT2D eigenvalue weighted by Crippen LogP contribution is 2.29. The maximum atomic E-state index is 10.3. The molecule has 1 aromatic carbocycles. The van der Waals surface area contributed by atoms with E-state index in [1.807, 2.05) is 41.9 Å². The van der Waals surface area contributed by atoms with Gasteiger partial charge in [-0.1, -0.05) is 25.1 Å². The molecule has 1 unspecified atom stereocenters. The molecule has 3 rings (SSSR count). The summed E-state index contributed by atoms with van der Waals surface area (Å²) in [5.74, 6) is 0. The Balaban J connectivity index is 1.94. The van der Waals surface area contributed by atoms with Gasteiger partial charge in [0.1, 0.15) is 0 Å². The Morgan fingerprint density at radius 3 is 2.82 bits per heavy atom. The number of pyridine rings is 1. The summed E-state index contributed by atoms with van der Waals surface area (Å²) in [5, 5.41) is 18.8. The first-order valence-electron chi connectivity index (χ1n) is 7.53. The number of hydrogen-bond acceptors (Lipinski definition) is 4. The average Bonchev–Trinajstić information content (AvgIpc) is 3.06. The molecule has 0 aliphatic rings. The van der Waals surface area contributed by atoms with E-state index < -0.39 is 6.10 Å². The molecular weight excluding hydrogens is 292 g/mol. The van der Waals surface area contributed by atoms with Gasteiger partial charge in [0.2, 0.25) is 0 Å². The molecule has 3 aromatic rings. The summed E-state index contributed by atoms with van der Waals surface area (Å²) < 4.78 is 0. The number of nitrogens with zero attached hydrogens (tertiary/aromatic N) is 1. The second-order valence-electron chi connectivity index (χ2n) is 5.37. The maximum Gasteiger partial charge on any atom is 0.0970 e. The first-order valence-corrected chi connectivity index (χ1v) is 8.47. The Morgan fingerprint density at radius 1 is 1.27 bits per heavy atom. The van der Waals surface area contributed by atoms with Gasteiger partial charge in [0.25, 0.3) is 0 Å². The minimum absolute atomic E-state index is 0.497. The summed E-state index contributed by atoms with van der Waals surface area (Å²) in [4.78, 5) is 4.68. The topological polar surface area (TPSA) is 45.2 Å². The summed E-state index contributed by atoms with van der Waals surface area (Å²) in [6.45, 7) is 4.68. The SMILES string of the molecule is CCc1c(C)nc2ccccc2c1NCC(O)c1ccsc1. The van der Waals surface area contributed by atoms with E-state index >= 15 is 0 Å². The van der Waals surface area contributed by atoms with Gasteiger partial charge in [-0.25, -0.2) is 0 Å². The van der Waals surface area contributed by atoms with Crippen LogP contribution in [-0.4, -0.2) is 16.6 Å². The minimum Gasteiger partial charge on any atom is -0.387 e. The van der Waals surface area contributed by atoms with Crippen LogP contribution in [0.4, 0.5) is 5.69 Å². The molecular formula is C18H20N2OS. The van der Waals surface area contributed by atoms with Crippen LogP contribution >= 0.6 is 11.3 Å². The molecule has 0 fully saturated rings. The Morgan fingerprint density at radius 2 is 2.09 bits per heavy atom. The van der Waals surface area contributed by atoms with E-state index in [0.29, 0.717) is 6.54 Å². The van der Waals surface area contributed by atoms with Gasteiger partial charge in [-0.3, -0.25) is 4.98 Å². The normalized spacial score (nSPS) is 12.5. The smallest absolute Gasteiger partial charge is 0.0970 e. The number of thiophene rings is 1. The van der Waals surface area contributed by atoms with Crippen LogP contribution in [0, 0.1) is 6.92 Å². The Hall–Kier alpha value is -1.91. The number of rotatable bonds is 5. The van der Waals surface area contributed by atoms with Gasteiger partial charge >= 0.3 is 0 Å². The Kier molecular flexibility index (Phi) is 4.41. The molecule has 0 aliphatic heterocycles. The lowest BCUT2D eigenvalue weighted by Gasteiger charge is -2.18. The predicted molar refractivity (Wildman–Crippen MR) is 93.6 cm³/mol. The number of aliphatic hydroxyl groups excluding tert-OH is 1. The monoisotopic (exact) mass is 312 g/mol. The van der Waals surface area contributed by atoms with Crippen LogP contribution in [0.3, 0.4) is 0 Å². The predicted octanol–water partition coefficient (Wildman–Crippen LogP) is 4.31. The number of anilines is 1. The van der Waals surface area contributed by atoms with E-state index in [9.17, 15) is 5.11 Å². The molecule has 2 aromatic heterocycles. The molecule has 3 nitrogen and oxygen atoms in total. The van der Waals surface area contributed by atoms with Crippen molar-refractivity contribution in [3.8, 4) is 0 Å². The third-order valence-electron chi connectivity index (χ3n) is 3.95. The number of aliphatic hydroxyl groups is 1. The van der Waals surface area contributed by atoms with Crippen molar-refractivity contribution in [1.29, 1.82) is 0 Å². The molecule has 4 heteroatoms. The number of benzene rings is 1. The van der Waals surface area contributed by atoms with Crippen LogP contribution in [-0.2, 0) is 6.42 Å². The van der Waals surface area contributed by atoms with Gasteiger partial charge in [-0.2, -0.15) is 11.3 Å². The van der Waals surface area contributed by atoms with E-state index in [4.69, 9.17) is 0 Å². The fraction of sp³-hybridized carbons (Fsp3) is 0.278. The number of aromatic nitrogens is 1. The lowest BCUT2D eigenvalue weighted by molar-refractivity contribution is 0.192. The van der Waals surface area contributed by atoms with E-state index in [-0.39, 0.29) is 0 Å². The van der Waals surface area contributed by atoms with Gasteiger partial charge in [0.15, 0.2) is 0 Å². The quantitative estimate of drug-likeness (QED) is 0.738. The lowest BCUT2D eigenvalue weighted by Crippen LogP contribution is -2.14. The molecule has 2 N–H and O–H groups in total. The van der Waals surface area contributed by atoms with Gasteiger partial charge in [-0.05, 0) is 47.4 Å². The third-order valence-corrected chi connectivity index (χ3v) is 4.66. The van der Waals surface area contributed by atoms with Crippen molar-refractivity contribution < 1.29 is 5.11 Å². The molecule has 114 valence electrons. The second kappa shape index (κ2) is 6.46. The van der Waals surface area contributed by atoms with E-state index in [1.165, 1.54) is 5.56 Å². The summed E-state index contributed by atoms with van der Waals surface area (Å²) in [6, 6.07) is 10.1. The fourth-order valence-corrected chi connectivity index (χ4v) is 3.50. The van der Waals surface area contributed by atoms with Gasteiger partial charge < -0.3 is 10.4 Å². The van der Waals surface area contributed by atoms with Crippen molar-refractivity contribution in [2.75, 3.05) is 11.9 Å². The second-order valence-corrected chi connectivity index (χ2v) is 6.15. The van der Waals surface area contributed by atoms with E-state index in [0.717, 1.165) is 34.3 Å². The molecule has 22 heavy (non-hydrogen) atoms. The number of hydrogen-bond donors (Lipinski definition) is 2. The van der Waals surface area contributed by atoms with Crippen molar-refractivity contribution >= 4 is 27.9 Å². The van der Waals surface area contributed by atoms with Crippen LogP contribution in [0.1, 0.15) is 29.8 Å². The number of aryl methyl sites for hydroxylation is 1. The highest BCUT2D eigenvalue weighted by atomic mass is 32.1. The van der Waals surface area contributed by atoms with Gasteiger partial charge in [0, 0.05) is 23.3 Å². The first kappa shape index (κ1) is 15.0. The largest absolute Gasteiger partial charge is 0.387 e. The number of para-hydroxylation sites is 1. The summed E-state index contributed by atoms with van der Waals surface area (Å²) in [7, 11) is 0. The molecule has 0 saturated heterocycles. The maximum absolute atomic E-state index is 10.3. The van der Waals surface area contributed by atoms with Crippen molar-refractivity contribution in [3.63, 3.8) is 0 Å². The van der Waals surface area contributed by atoms with Crippen molar-refractivity contribution in [1.82, 2.24) is 4.98 Å². The first-order chi connectivity index (χ1) is 10.7. The molecule has 0 bridgehead atoms. The number of nitrogens with one attached hydrogen (secondary N) is 1. The molecule has 2 heterocycles. The molecule has 0 radical (unpaired) electrons. The summed E-state index contributed by atoms with van der Waals surface area (Å²) >= 11 is 1.60. The highest BCUT2D eigenvalue weighted by molar-refractivity contribution is 7.07. The molecule has 0 amide bonds. The van der Waals surface area contributed by atoms with E-state index in [1.54, 1.807) is 11.3 Å². The fourth-order valence-electron chi connectivity index (χ4n) is 2.79. The van der Waals surface area contributed by atoms with Crippen molar-refractivity contribution in [2.24, 2.45) is 0 Å². The van der Waals surface area contributed by atoms with Crippen LogP contribution < -0.4 is 5.32 Å². The minimum atomic E-state index is -0.497. The third kappa shape index (κ3) is 2.85. The molecule has 0 spiro atoms. The lowest BCUT2D eigenvalue weighted by atomic mass is 10.0. The van der Waals surface area contributed by atoms with Crippen LogP contribution in [0.15, 0.2) is 41.1 Å². The van der Waals surface area contributed by atoms with E-state index in [2.05, 4.69) is 23.3 Å². The summed E-state index contributed by atoms with van der Waals surface area (Å²) in [5.41, 5.74) is 5.32. The zero-order chi connectivity index (χ0) is 15.5. The summed E-state index contributed by atoms with van der Waals surface area (Å²) in [6.07, 6.45) is 0.420. The van der Waals surface area contributed by atoms with Crippen molar-refractivity contribution in [2.45, 2.75) is 26.4 Å². The molecule has 1 atom stereocenters. The van der Waals surface area contributed by atoms with Crippen LogP contribution in [0.2, 0.25) is 0 Å². The highest BCUT2D eigenvalue weighted by Gasteiger charge is 2.13. The van der Waals surface area contributed by atoms with Gasteiger partial charge in [0.05, 0.1) is 11.6 Å². The standard InChI is InChI=1S/C18H20N2OS/c1-3-14-12(2)20-16-7-5-4-6-15(16)18(14)19-10-17(21)13-8-9-22-11-13/h4-9,11,17,21H,3,10H2,1-2H3,(H,19,20). The van der Waals surface area contributed by atoms with Crippen LogP contribution in [0.5, 0.6) is 0 Å². The zero-order valence-corrected chi connectivity index (χ0v) is 13.7. The average molecular weight is 312 g/mol. The van der Waals surface area contributed by atoms with Crippen LogP contribution in [0.25, 0.3) is 10.9 Å².